The van der Waals surface area contributed by atoms with Gasteiger partial charge in [0.1, 0.15) is 10.9 Å². The van der Waals surface area contributed by atoms with Crippen molar-refractivity contribution in [2.45, 2.75) is 50.6 Å². The molecule has 0 aliphatic carbocycles. The zero-order chi connectivity index (χ0) is 21.7. The Balaban J connectivity index is 1.86. The van der Waals surface area contributed by atoms with Gasteiger partial charge in [0.2, 0.25) is 6.79 Å². The number of carboxylic acid groups (broad SMARTS) is 2. The number of halogens is 1. The molecular formula is C20H23ClN2O6S. The van der Waals surface area contributed by atoms with Crippen molar-refractivity contribution in [2.75, 3.05) is 12.5 Å². The van der Waals surface area contributed by atoms with E-state index >= 15 is 0 Å². The third-order valence-corrected chi connectivity index (χ3v) is 5.99. The predicted octanol–water partition coefficient (Wildman–Crippen LogP) is 4.31. The predicted molar refractivity (Wildman–Crippen MR) is 112 cm³/mol. The number of aryl methyl sites for hydroxylation is 1. The van der Waals surface area contributed by atoms with Crippen LogP contribution in [0, 0.1) is 0 Å². The highest BCUT2D eigenvalue weighted by molar-refractivity contribution is 7.99. The number of ether oxygens (including phenoxy) is 2. The first-order valence-electron chi connectivity index (χ1n) is 9.66. The number of carboxylic acids is 2. The van der Waals surface area contributed by atoms with E-state index in [4.69, 9.17) is 26.2 Å². The minimum atomic E-state index is -1.06. The Morgan fingerprint density at radius 2 is 1.97 bits per heavy atom. The van der Waals surface area contributed by atoms with Crippen molar-refractivity contribution in [3.05, 3.63) is 34.2 Å². The van der Waals surface area contributed by atoms with Crippen LogP contribution in [-0.2, 0) is 17.8 Å². The Labute approximate surface area is 183 Å². The van der Waals surface area contributed by atoms with Crippen LogP contribution < -0.4 is 9.47 Å². The van der Waals surface area contributed by atoms with Crippen molar-refractivity contribution in [1.29, 1.82) is 0 Å². The second-order valence-corrected chi connectivity index (χ2v) is 8.31. The number of hydrogen-bond donors (Lipinski definition) is 2. The molecule has 2 N–H and O–H groups in total. The molecule has 0 spiro atoms. The van der Waals surface area contributed by atoms with E-state index in [-0.39, 0.29) is 25.5 Å². The Bertz CT molecular complexity index is 946. The van der Waals surface area contributed by atoms with E-state index in [0.29, 0.717) is 52.4 Å². The number of carbonyl (C=O) groups is 2. The van der Waals surface area contributed by atoms with Crippen LogP contribution in [-0.4, -0.2) is 44.2 Å². The molecular weight excluding hydrogens is 432 g/mol. The molecule has 0 saturated heterocycles. The monoisotopic (exact) mass is 454 g/mol. The summed E-state index contributed by atoms with van der Waals surface area (Å²) in [4.78, 5) is 27.3. The third kappa shape index (κ3) is 5.20. The number of aliphatic carboxylic acids is 1. The van der Waals surface area contributed by atoms with E-state index in [2.05, 4.69) is 4.98 Å². The Kier molecular flexibility index (Phi) is 7.49. The summed E-state index contributed by atoms with van der Waals surface area (Å²) in [5.41, 5.74) is 0.839. The topological polar surface area (TPSA) is 111 Å². The molecule has 2 aromatic rings. The summed E-state index contributed by atoms with van der Waals surface area (Å²) in [7, 11) is 0. The number of aromatic nitrogens is 2. The summed E-state index contributed by atoms with van der Waals surface area (Å²) in [6, 6.07) is 3.44. The van der Waals surface area contributed by atoms with Gasteiger partial charge in [-0.1, -0.05) is 18.5 Å². The van der Waals surface area contributed by atoms with E-state index in [0.717, 1.165) is 12.0 Å². The zero-order valence-corrected chi connectivity index (χ0v) is 18.1. The summed E-state index contributed by atoms with van der Waals surface area (Å²) in [5.74, 6) is 0.532. The van der Waals surface area contributed by atoms with Gasteiger partial charge in [0, 0.05) is 23.9 Å². The zero-order valence-electron chi connectivity index (χ0n) is 16.5. The van der Waals surface area contributed by atoms with Gasteiger partial charge in [-0.25, -0.2) is 9.78 Å². The summed E-state index contributed by atoms with van der Waals surface area (Å²) in [6.07, 6.45) is 2.75. The third-order valence-electron chi connectivity index (χ3n) is 4.58. The molecule has 0 saturated carbocycles. The number of benzene rings is 1. The minimum Gasteiger partial charge on any atom is -0.481 e. The highest BCUT2D eigenvalue weighted by atomic mass is 35.5. The maximum Gasteiger partial charge on any atom is 0.355 e. The molecule has 30 heavy (non-hydrogen) atoms. The molecule has 8 nitrogen and oxygen atoms in total. The molecule has 1 aliphatic rings. The molecule has 0 unspecified atom stereocenters. The number of hydrogen-bond acceptors (Lipinski definition) is 6. The van der Waals surface area contributed by atoms with Crippen molar-refractivity contribution in [1.82, 2.24) is 9.55 Å². The number of fused-ring (bicyclic) bond motifs is 1. The van der Waals surface area contributed by atoms with Crippen LogP contribution in [0.4, 0.5) is 0 Å². The van der Waals surface area contributed by atoms with Crippen LogP contribution in [0.1, 0.15) is 54.5 Å². The first kappa shape index (κ1) is 22.3. The number of nitrogens with zero attached hydrogens (tertiary/aromatic N) is 2. The summed E-state index contributed by atoms with van der Waals surface area (Å²) in [5, 5.41) is 19.5. The van der Waals surface area contributed by atoms with Crippen molar-refractivity contribution in [2.24, 2.45) is 0 Å². The highest BCUT2D eigenvalue weighted by Gasteiger charge is 2.24. The van der Waals surface area contributed by atoms with Gasteiger partial charge in [-0.05, 0) is 36.6 Å². The summed E-state index contributed by atoms with van der Waals surface area (Å²) >= 11 is 7.74. The lowest BCUT2D eigenvalue weighted by Crippen LogP contribution is -2.13. The SMILES string of the molecule is CCCc1nc(SCCCCC(=O)O)c(C(=O)O)n1Cc1cc2c(cc1Cl)OCO2. The van der Waals surface area contributed by atoms with E-state index in [1.54, 1.807) is 16.7 Å². The molecule has 1 aliphatic heterocycles. The molecule has 162 valence electrons. The summed E-state index contributed by atoms with van der Waals surface area (Å²) < 4.78 is 12.4. The lowest BCUT2D eigenvalue weighted by Gasteiger charge is -2.12. The van der Waals surface area contributed by atoms with Gasteiger partial charge in [0.05, 0.1) is 6.54 Å². The first-order valence-corrected chi connectivity index (χ1v) is 11.0. The van der Waals surface area contributed by atoms with Crippen LogP contribution in [0.3, 0.4) is 0 Å². The second kappa shape index (κ2) is 10.1. The molecule has 0 fully saturated rings. The second-order valence-electron chi connectivity index (χ2n) is 6.82. The molecule has 2 heterocycles. The van der Waals surface area contributed by atoms with E-state index in [1.165, 1.54) is 11.8 Å². The van der Waals surface area contributed by atoms with Crippen LogP contribution in [0.5, 0.6) is 11.5 Å². The molecule has 0 amide bonds. The van der Waals surface area contributed by atoms with E-state index < -0.39 is 11.9 Å². The van der Waals surface area contributed by atoms with Crippen molar-refractivity contribution in [3.63, 3.8) is 0 Å². The van der Waals surface area contributed by atoms with Gasteiger partial charge in [-0.2, -0.15) is 0 Å². The molecule has 3 rings (SSSR count). The van der Waals surface area contributed by atoms with Gasteiger partial charge in [0.25, 0.3) is 0 Å². The van der Waals surface area contributed by atoms with Gasteiger partial charge in [-0.3, -0.25) is 4.79 Å². The fourth-order valence-corrected chi connectivity index (χ4v) is 4.42. The lowest BCUT2D eigenvalue weighted by atomic mass is 10.2. The van der Waals surface area contributed by atoms with Crippen molar-refractivity contribution >= 4 is 35.3 Å². The van der Waals surface area contributed by atoms with Gasteiger partial charge >= 0.3 is 11.9 Å². The first-order chi connectivity index (χ1) is 14.4. The maximum absolute atomic E-state index is 12.1. The summed E-state index contributed by atoms with van der Waals surface area (Å²) in [6.45, 7) is 2.38. The molecule has 1 aromatic heterocycles. The van der Waals surface area contributed by atoms with E-state index in [1.807, 2.05) is 6.92 Å². The number of aromatic carboxylic acids is 1. The van der Waals surface area contributed by atoms with Crippen LogP contribution in [0.2, 0.25) is 5.02 Å². The number of imidazole rings is 1. The smallest absolute Gasteiger partial charge is 0.355 e. The van der Waals surface area contributed by atoms with E-state index in [9.17, 15) is 14.7 Å². The van der Waals surface area contributed by atoms with Crippen LogP contribution in [0.15, 0.2) is 17.2 Å². The maximum atomic E-state index is 12.1. The minimum absolute atomic E-state index is 0.102. The standard InChI is InChI=1S/C20H23ClN2O6S/c1-2-5-16-22-19(30-7-4-3-6-17(24)25)18(20(26)27)23(16)10-12-8-14-15(9-13(12)21)29-11-28-14/h8-9H,2-7,10-11H2,1H3,(H,24,25)(H,26,27). The van der Waals surface area contributed by atoms with Gasteiger partial charge < -0.3 is 24.3 Å². The molecule has 10 heteroatoms. The lowest BCUT2D eigenvalue weighted by molar-refractivity contribution is -0.137. The fraction of sp³-hybridized carbons (Fsp3) is 0.450. The number of rotatable bonds is 11. The fourth-order valence-electron chi connectivity index (χ4n) is 3.17. The van der Waals surface area contributed by atoms with Crippen LogP contribution in [0.25, 0.3) is 0 Å². The molecule has 0 radical (unpaired) electrons. The Morgan fingerprint density at radius 1 is 1.23 bits per heavy atom. The largest absolute Gasteiger partial charge is 0.481 e. The van der Waals surface area contributed by atoms with Crippen molar-refractivity contribution < 1.29 is 29.3 Å². The van der Waals surface area contributed by atoms with Gasteiger partial charge in [0.15, 0.2) is 17.2 Å². The van der Waals surface area contributed by atoms with Crippen molar-refractivity contribution in [3.8, 4) is 11.5 Å². The Hall–Kier alpha value is -2.39. The Morgan fingerprint density at radius 3 is 2.63 bits per heavy atom. The van der Waals surface area contributed by atoms with Crippen LogP contribution >= 0.6 is 23.4 Å². The quantitative estimate of drug-likeness (QED) is 0.381. The molecule has 0 bridgehead atoms. The van der Waals surface area contributed by atoms with Gasteiger partial charge in [-0.15, -0.1) is 11.8 Å². The average Bonchev–Trinajstić information content (AvgIpc) is 3.26. The number of unbranched alkanes of at least 4 members (excludes halogenated alkanes) is 1. The number of thioether (sulfide) groups is 1. The normalized spacial score (nSPS) is 12.3. The molecule has 0 atom stereocenters. The average molecular weight is 455 g/mol. The highest BCUT2D eigenvalue weighted by Crippen LogP contribution is 2.37. The molecule has 1 aromatic carbocycles.